The van der Waals surface area contributed by atoms with Gasteiger partial charge < -0.3 is 11.1 Å². The molecule has 1 aromatic rings. The fourth-order valence-electron chi connectivity index (χ4n) is 1.31. The molecule has 3 N–H and O–H groups in total. The van der Waals surface area contributed by atoms with Crippen molar-refractivity contribution in [1.29, 1.82) is 0 Å². The number of nitrogens with two attached hydrogens (primary N) is 1. The summed E-state index contributed by atoms with van der Waals surface area (Å²) in [6.07, 6.45) is 2.54. The molecule has 86 valence electrons. The van der Waals surface area contributed by atoms with Gasteiger partial charge in [0, 0.05) is 23.9 Å². The van der Waals surface area contributed by atoms with Gasteiger partial charge in [0.05, 0.1) is 0 Å². The maximum absolute atomic E-state index is 11.7. The third-order valence-electron chi connectivity index (χ3n) is 2.13. The van der Waals surface area contributed by atoms with Crippen LogP contribution in [0.3, 0.4) is 0 Å². The summed E-state index contributed by atoms with van der Waals surface area (Å²) in [5, 5.41) is 3.15. The zero-order valence-electron chi connectivity index (χ0n) is 9.57. The molecular formula is C13H18N2O. The van der Waals surface area contributed by atoms with E-state index in [1.54, 1.807) is 12.1 Å². The van der Waals surface area contributed by atoms with Crippen LogP contribution in [-0.2, 0) is 0 Å². The summed E-state index contributed by atoms with van der Waals surface area (Å²) in [5.41, 5.74) is 6.97. The quantitative estimate of drug-likeness (QED) is 0.434. The molecule has 0 atom stereocenters. The van der Waals surface area contributed by atoms with E-state index < -0.39 is 0 Å². The predicted octanol–water partition coefficient (Wildman–Crippen LogP) is 1.71. The van der Waals surface area contributed by atoms with Gasteiger partial charge in [-0.1, -0.05) is 37.3 Å². The van der Waals surface area contributed by atoms with Gasteiger partial charge in [-0.2, -0.15) is 0 Å². The number of nitrogens with one attached hydrogen (secondary N) is 1. The van der Waals surface area contributed by atoms with Crippen molar-refractivity contribution in [3.05, 3.63) is 47.7 Å². The molecule has 0 unspecified atom stereocenters. The number of carbonyl (C=O) groups excluding carboxylic acids is 1. The van der Waals surface area contributed by atoms with Crippen molar-refractivity contribution in [3.8, 4) is 0 Å². The Morgan fingerprint density at radius 1 is 1.38 bits per heavy atom. The minimum Gasteiger partial charge on any atom is -0.401 e. The van der Waals surface area contributed by atoms with Gasteiger partial charge in [-0.15, -0.1) is 0 Å². The first-order valence-electron chi connectivity index (χ1n) is 5.50. The Morgan fingerprint density at radius 3 is 2.69 bits per heavy atom. The smallest absolute Gasteiger partial charge is 0.187 e. The summed E-state index contributed by atoms with van der Waals surface area (Å²) in [5.74, 6) is -0.0450. The number of allylic oxidation sites excluding steroid dienone is 1. The molecular weight excluding hydrogens is 200 g/mol. The SMILES string of the molecule is CCCNC/C(N)=C/C(=O)c1ccccc1. The van der Waals surface area contributed by atoms with Crippen LogP contribution in [-0.4, -0.2) is 18.9 Å². The maximum atomic E-state index is 11.7. The molecule has 1 aromatic carbocycles. The van der Waals surface area contributed by atoms with E-state index in [0.717, 1.165) is 13.0 Å². The first-order chi connectivity index (χ1) is 7.74. The third kappa shape index (κ3) is 4.28. The summed E-state index contributed by atoms with van der Waals surface area (Å²) in [4.78, 5) is 11.7. The van der Waals surface area contributed by atoms with Crippen molar-refractivity contribution >= 4 is 5.78 Å². The summed E-state index contributed by atoms with van der Waals surface area (Å²) in [6, 6.07) is 9.13. The van der Waals surface area contributed by atoms with Crippen molar-refractivity contribution in [1.82, 2.24) is 5.32 Å². The normalized spacial score (nSPS) is 11.4. The molecule has 3 heteroatoms. The molecule has 0 spiro atoms. The molecule has 3 nitrogen and oxygen atoms in total. The van der Waals surface area contributed by atoms with Gasteiger partial charge in [0.2, 0.25) is 0 Å². The Hall–Kier alpha value is -1.61. The van der Waals surface area contributed by atoms with Gasteiger partial charge in [0.25, 0.3) is 0 Å². The number of benzene rings is 1. The lowest BCUT2D eigenvalue weighted by Gasteiger charge is -2.02. The van der Waals surface area contributed by atoms with Gasteiger partial charge >= 0.3 is 0 Å². The van der Waals surface area contributed by atoms with Gasteiger partial charge in [0.1, 0.15) is 0 Å². The Morgan fingerprint density at radius 2 is 2.06 bits per heavy atom. The van der Waals surface area contributed by atoms with E-state index in [0.29, 0.717) is 17.8 Å². The van der Waals surface area contributed by atoms with Gasteiger partial charge in [0.15, 0.2) is 5.78 Å². The second kappa shape index (κ2) is 6.80. The topological polar surface area (TPSA) is 55.1 Å². The zero-order chi connectivity index (χ0) is 11.8. The number of hydrogen-bond donors (Lipinski definition) is 2. The molecule has 0 aliphatic carbocycles. The molecule has 0 aromatic heterocycles. The summed E-state index contributed by atoms with van der Waals surface area (Å²) in [6.45, 7) is 3.56. The second-order valence-corrected chi connectivity index (χ2v) is 3.63. The summed E-state index contributed by atoms with van der Waals surface area (Å²) < 4.78 is 0. The first-order valence-corrected chi connectivity index (χ1v) is 5.50. The highest BCUT2D eigenvalue weighted by molar-refractivity contribution is 6.04. The van der Waals surface area contributed by atoms with Gasteiger partial charge in [-0.3, -0.25) is 4.79 Å². The summed E-state index contributed by atoms with van der Waals surface area (Å²) >= 11 is 0. The fraction of sp³-hybridized carbons (Fsp3) is 0.308. The number of rotatable bonds is 6. The molecule has 0 bridgehead atoms. The molecule has 16 heavy (non-hydrogen) atoms. The second-order valence-electron chi connectivity index (χ2n) is 3.63. The Kier molecular flexibility index (Phi) is 5.29. The van der Waals surface area contributed by atoms with Crippen molar-refractivity contribution in [2.24, 2.45) is 5.73 Å². The average Bonchev–Trinajstić information content (AvgIpc) is 2.30. The van der Waals surface area contributed by atoms with Crippen LogP contribution >= 0.6 is 0 Å². The van der Waals surface area contributed by atoms with Crippen LogP contribution in [0.15, 0.2) is 42.1 Å². The van der Waals surface area contributed by atoms with E-state index >= 15 is 0 Å². The minimum atomic E-state index is -0.0450. The monoisotopic (exact) mass is 218 g/mol. The van der Waals surface area contributed by atoms with Crippen LogP contribution in [0, 0.1) is 0 Å². The van der Waals surface area contributed by atoms with Crippen LogP contribution in [0.2, 0.25) is 0 Å². The lowest BCUT2D eigenvalue weighted by Crippen LogP contribution is -2.22. The van der Waals surface area contributed by atoms with E-state index in [1.807, 2.05) is 18.2 Å². The first kappa shape index (κ1) is 12.5. The lowest BCUT2D eigenvalue weighted by molar-refractivity contribution is 0.104. The van der Waals surface area contributed by atoms with Gasteiger partial charge in [-0.05, 0) is 13.0 Å². The molecule has 0 saturated carbocycles. The predicted molar refractivity (Wildman–Crippen MR) is 66.2 cm³/mol. The average molecular weight is 218 g/mol. The number of hydrogen-bond acceptors (Lipinski definition) is 3. The Balaban J connectivity index is 2.52. The molecule has 0 heterocycles. The standard InChI is InChI=1S/C13H18N2O/c1-2-8-15-10-12(14)9-13(16)11-6-4-3-5-7-11/h3-7,9,15H,2,8,10,14H2,1H3/b12-9-. The molecule has 0 radical (unpaired) electrons. The highest BCUT2D eigenvalue weighted by Gasteiger charge is 2.01. The maximum Gasteiger partial charge on any atom is 0.187 e. The Labute approximate surface area is 96.3 Å². The van der Waals surface area contributed by atoms with E-state index in [1.165, 1.54) is 6.08 Å². The number of ketones is 1. The molecule has 0 amide bonds. The summed E-state index contributed by atoms with van der Waals surface area (Å²) in [7, 11) is 0. The fourth-order valence-corrected chi connectivity index (χ4v) is 1.31. The van der Waals surface area contributed by atoms with Crippen LogP contribution in [0.25, 0.3) is 0 Å². The van der Waals surface area contributed by atoms with Crippen molar-refractivity contribution in [2.45, 2.75) is 13.3 Å². The molecule has 1 rings (SSSR count). The third-order valence-corrected chi connectivity index (χ3v) is 2.13. The van der Waals surface area contributed by atoms with Crippen LogP contribution in [0.4, 0.5) is 0 Å². The largest absolute Gasteiger partial charge is 0.401 e. The van der Waals surface area contributed by atoms with E-state index in [9.17, 15) is 4.79 Å². The van der Waals surface area contributed by atoms with Crippen molar-refractivity contribution < 1.29 is 4.79 Å². The van der Waals surface area contributed by atoms with E-state index in [-0.39, 0.29) is 5.78 Å². The lowest BCUT2D eigenvalue weighted by atomic mass is 10.1. The molecule has 0 fully saturated rings. The molecule has 0 saturated heterocycles. The van der Waals surface area contributed by atoms with Crippen molar-refractivity contribution in [3.63, 3.8) is 0 Å². The number of carbonyl (C=O) groups is 1. The van der Waals surface area contributed by atoms with Crippen LogP contribution in [0.5, 0.6) is 0 Å². The van der Waals surface area contributed by atoms with Gasteiger partial charge in [-0.25, -0.2) is 0 Å². The minimum absolute atomic E-state index is 0.0450. The Bertz CT molecular complexity index is 357. The van der Waals surface area contributed by atoms with Crippen molar-refractivity contribution in [2.75, 3.05) is 13.1 Å². The zero-order valence-corrected chi connectivity index (χ0v) is 9.57. The highest BCUT2D eigenvalue weighted by atomic mass is 16.1. The van der Waals surface area contributed by atoms with Crippen LogP contribution < -0.4 is 11.1 Å². The highest BCUT2D eigenvalue weighted by Crippen LogP contribution is 2.01. The molecule has 0 aliphatic rings. The van der Waals surface area contributed by atoms with E-state index in [2.05, 4.69) is 12.2 Å². The molecule has 0 aliphatic heterocycles. The van der Waals surface area contributed by atoms with Crippen LogP contribution in [0.1, 0.15) is 23.7 Å². The van der Waals surface area contributed by atoms with E-state index in [4.69, 9.17) is 5.73 Å².